The van der Waals surface area contributed by atoms with E-state index in [4.69, 9.17) is 0 Å². The molecule has 2 heteroatoms. The Labute approximate surface area is 110 Å². The average Bonchev–Trinajstić information content (AvgIpc) is 2.29. The summed E-state index contributed by atoms with van der Waals surface area (Å²) in [5, 5.41) is 0. The van der Waals surface area contributed by atoms with E-state index < -0.39 is 8.80 Å². The van der Waals surface area contributed by atoms with E-state index in [0.717, 1.165) is 0 Å². The molecule has 0 aromatic rings. The molecule has 0 aliphatic carbocycles. The summed E-state index contributed by atoms with van der Waals surface area (Å²) < 4.78 is 0. The van der Waals surface area contributed by atoms with Crippen LogP contribution in [0.2, 0.25) is 12.1 Å². The first-order valence-electron chi connectivity index (χ1n) is 7.70. The minimum Gasteiger partial charge on any atom is -0.297 e. The molecule has 0 aromatic heterocycles. The molecule has 1 heterocycles. The Morgan fingerprint density at radius 1 is 1.00 bits per heavy atom. The van der Waals surface area contributed by atoms with Crippen LogP contribution < -0.4 is 0 Å². The van der Waals surface area contributed by atoms with E-state index in [-0.39, 0.29) is 0 Å². The Bertz CT molecular complexity index is 203. The summed E-state index contributed by atoms with van der Waals surface area (Å²) in [6, 6.07) is 3.50. The SMILES string of the molecule is CC[SiH](C=CC(C)N1CCCCCCC1)CC. The van der Waals surface area contributed by atoms with Gasteiger partial charge < -0.3 is 0 Å². The molecule has 1 atom stereocenters. The molecule has 17 heavy (non-hydrogen) atoms. The van der Waals surface area contributed by atoms with Crippen LogP contribution >= 0.6 is 0 Å². The maximum atomic E-state index is 2.69. The van der Waals surface area contributed by atoms with Gasteiger partial charge in [0.05, 0.1) is 8.80 Å². The maximum Gasteiger partial charge on any atom is 0.0606 e. The highest BCUT2D eigenvalue weighted by Crippen LogP contribution is 2.13. The molecule has 1 aliphatic rings. The van der Waals surface area contributed by atoms with Crippen LogP contribution in [0.1, 0.15) is 52.9 Å². The van der Waals surface area contributed by atoms with Crippen molar-refractivity contribution in [1.29, 1.82) is 0 Å². The first-order chi connectivity index (χ1) is 8.27. The summed E-state index contributed by atoms with van der Waals surface area (Å²) in [6.07, 6.45) is 9.65. The van der Waals surface area contributed by atoms with E-state index in [0.29, 0.717) is 6.04 Å². The molecule has 1 rings (SSSR count). The summed E-state index contributed by atoms with van der Waals surface area (Å²) in [5.41, 5.74) is 2.59. The fourth-order valence-electron chi connectivity index (χ4n) is 2.68. The van der Waals surface area contributed by atoms with Crippen molar-refractivity contribution in [1.82, 2.24) is 4.90 Å². The molecule has 0 amide bonds. The molecule has 0 saturated carbocycles. The van der Waals surface area contributed by atoms with Crippen LogP contribution in [0.5, 0.6) is 0 Å². The van der Waals surface area contributed by atoms with Gasteiger partial charge in [-0.2, -0.15) is 0 Å². The molecule has 100 valence electrons. The minimum absolute atomic E-state index is 0.530. The zero-order chi connectivity index (χ0) is 12.5. The topological polar surface area (TPSA) is 3.24 Å². The second-order valence-corrected chi connectivity index (χ2v) is 9.04. The van der Waals surface area contributed by atoms with Crippen molar-refractivity contribution in [2.24, 2.45) is 0 Å². The van der Waals surface area contributed by atoms with Crippen LogP contribution in [0.25, 0.3) is 0 Å². The third-order valence-electron chi connectivity index (χ3n) is 4.18. The lowest BCUT2D eigenvalue weighted by molar-refractivity contribution is 0.219. The second-order valence-electron chi connectivity index (χ2n) is 5.51. The van der Waals surface area contributed by atoms with E-state index in [1.54, 1.807) is 0 Å². The number of hydrogen-bond acceptors (Lipinski definition) is 1. The van der Waals surface area contributed by atoms with E-state index in [9.17, 15) is 0 Å². The monoisotopic (exact) mass is 253 g/mol. The van der Waals surface area contributed by atoms with Crippen LogP contribution in [-0.4, -0.2) is 32.8 Å². The molecule has 1 aliphatic heterocycles. The summed E-state index contributed by atoms with van der Waals surface area (Å²) in [7, 11) is -0.530. The number of nitrogens with zero attached hydrogens (tertiary/aromatic N) is 1. The maximum absolute atomic E-state index is 2.69. The van der Waals surface area contributed by atoms with Crippen LogP contribution in [0.4, 0.5) is 0 Å². The van der Waals surface area contributed by atoms with Gasteiger partial charge in [0.2, 0.25) is 0 Å². The van der Waals surface area contributed by atoms with Crippen LogP contribution in [0.15, 0.2) is 11.8 Å². The van der Waals surface area contributed by atoms with Gasteiger partial charge in [-0.05, 0) is 32.9 Å². The summed E-state index contributed by atoms with van der Waals surface area (Å²) >= 11 is 0. The third kappa shape index (κ3) is 5.87. The van der Waals surface area contributed by atoms with Gasteiger partial charge in [-0.25, -0.2) is 0 Å². The fraction of sp³-hybridized carbons (Fsp3) is 0.867. The van der Waals surface area contributed by atoms with Gasteiger partial charge in [0.25, 0.3) is 0 Å². The predicted octanol–water partition coefficient (Wildman–Crippen LogP) is 4.00. The molecule has 1 saturated heterocycles. The van der Waals surface area contributed by atoms with Crippen molar-refractivity contribution in [2.75, 3.05) is 13.1 Å². The fourth-order valence-corrected chi connectivity index (χ4v) is 4.44. The molecule has 0 N–H and O–H groups in total. The van der Waals surface area contributed by atoms with Gasteiger partial charge in [0.15, 0.2) is 0 Å². The minimum atomic E-state index is -0.530. The molecule has 0 spiro atoms. The Morgan fingerprint density at radius 3 is 2.06 bits per heavy atom. The quantitative estimate of drug-likeness (QED) is 0.669. The standard InChI is InChI=1S/C15H31NSi/c1-4-17(5-2)14-11-15(3)16-12-9-7-6-8-10-13-16/h11,14-15,17H,4-10,12-13H2,1-3H3. The summed E-state index contributed by atoms with van der Waals surface area (Å²) in [5.74, 6) is 0. The summed E-state index contributed by atoms with van der Waals surface area (Å²) in [6.45, 7) is 9.72. The molecule has 1 fully saturated rings. The Balaban J connectivity index is 2.40. The first kappa shape index (κ1) is 15.0. The van der Waals surface area contributed by atoms with E-state index in [1.165, 1.54) is 57.3 Å². The van der Waals surface area contributed by atoms with Crippen LogP contribution in [-0.2, 0) is 0 Å². The lowest BCUT2D eigenvalue weighted by Crippen LogP contribution is -2.34. The van der Waals surface area contributed by atoms with Crippen LogP contribution in [0.3, 0.4) is 0 Å². The number of hydrogen-bond donors (Lipinski definition) is 0. The van der Waals surface area contributed by atoms with Crippen molar-refractivity contribution >= 4 is 8.80 Å². The first-order valence-corrected chi connectivity index (χ1v) is 10.00. The van der Waals surface area contributed by atoms with E-state index in [1.807, 2.05) is 0 Å². The van der Waals surface area contributed by atoms with Gasteiger partial charge in [0.1, 0.15) is 0 Å². The Kier molecular flexibility index (Phi) is 7.87. The highest BCUT2D eigenvalue weighted by Gasteiger charge is 2.12. The highest BCUT2D eigenvalue weighted by molar-refractivity contribution is 6.64. The number of rotatable bonds is 5. The number of likely N-dealkylation sites (tertiary alicyclic amines) is 1. The van der Waals surface area contributed by atoms with Crippen molar-refractivity contribution in [3.8, 4) is 0 Å². The third-order valence-corrected chi connectivity index (χ3v) is 7.04. The Hall–Kier alpha value is -0.0831. The largest absolute Gasteiger partial charge is 0.297 e. The molecular weight excluding hydrogens is 222 g/mol. The lowest BCUT2D eigenvalue weighted by atomic mass is 10.1. The molecule has 0 bridgehead atoms. The van der Waals surface area contributed by atoms with Gasteiger partial charge in [-0.3, -0.25) is 4.90 Å². The molecule has 1 nitrogen and oxygen atoms in total. The smallest absolute Gasteiger partial charge is 0.0606 e. The molecule has 1 unspecified atom stereocenters. The Morgan fingerprint density at radius 2 is 1.53 bits per heavy atom. The van der Waals surface area contributed by atoms with Crippen molar-refractivity contribution in [3.05, 3.63) is 11.8 Å². The molecule has 0 radical (unpaired) electrons. The van der Waals surface area contributed by atoms with Crippen molar-refractivity contribution < 1.29 is 0 Å². The summed E-state index contributed by atoms with van der Waals surface area (Å²) in [4.78, 5) is 2.69. The van der Waals surface area contributed by atoms with Gasteiger partial charge in [-0.15, -0.1) is 5.70 Å². The highest BCUT2D eigenvalue weighted by atomic mass is 28.3. The molecular formula is C15H31NSi. The van der Waals surface area contributed by atoms with E-state index >= 15 is 0 Å². The zero-order valence-electron chi connectivity index (χ0n) is 12.1. The second kappa shape index (κ2) is 8.93. The van der Waals surface area contributed by atoms with Gasteiger partial charge in [0, 0.05) is 6.04 Å². The van der Waals surface area contributed by atoms with Crippen molar-refractivity contribution in [3.63, 3.8) is 0 Å². The van der Waals surface area contributed by atoms with Crippen molar-refractivity contribution in [2.45, 2.75) is 71.0 Å². The van der Waals surface area contributed by atoms with Gasteiger partial charge >= 0.3 is 0 Å². The molecule has 0 aromatic carbocycles. The van der Waals surface area contributed by atoms with Crippen LogP contribution in [0, 0.1) is 0 Å². The average molecular weight is 254 g/mol. The van der Waals surface area contributed by atoms with Gasteiger partial charge in [-0.1, -0.05) is 51.3 Å². The normalized spacial score (nSPS) is 21.6. The van der Waals surface area contributed by atoms with E-state index in [2.05, 4.69) is 37.4 Å². The zero-order valence-corrected chi connectivity index (χ0v) is 13.3. The lowest BCUT2D eigenvalue weighted by Gasteiger charge is -2.29. The predicted molar refractivity (Wildman–Crippen MR) is 81.4 cm³/mol.